The van der Waals surface area contributed by atoms with Crippen LogP contribution in [0.4, 0.5) is 0 Å². The van der Waals surface area contributed by atoms with Crippen molar-refractivity contribution in [2.24, 2.45) is 16.5 Å². The average Bonchev–Trinajstić information content (AvgIpc) is 2.60. The lowest BCUT2D eigenvalue weighted by atomic mass is 9.90. The lowest BCUT2D eigenvalue weighted by Crippen LogP contribution is -2.26. The first-order chi connectivity index (χ1) is 12.0. The molecule has 0 saturated heterocycles. The van der Waals surface area contributed by atoms with E-state index in [4.69, 9.17) is 23.1 Å². The van der Waals surface area contributed by atoms with Crippen LogP contribution < -0.4 is 11.5 Å². The Balaban J connectivity index is 2.04. The number of nitrogens with two attached hydrogens (primary N) is 2. The van der Waals surface area contributed by atoms with Crippen molar-refractivity contribution in [2.45, 2.75) is 12.3 Å². The SMILES string of the molecule is NC(N)=NC(=O)[C@@H](Cc1ccccc1Cl)c1ccc2ccccc2c1. The van der Waals surface area contributed by atoms with Crippen LogP contribution in [0.3, 0.4) is 0 Å². The van der Waals surface area contributed by atoms with Gasteiger partial charge in [-0.2, -0.15) is 4.99 Å². The van der Waals surface area contributed by atoms with Gasteiger partial charge >= 0.3 is 0 Å². The van der Waals surface area contributed by atoms with E-state index in [0.717, 1.165) is 21.9 Å². The van der Waals surface area contributed by atoms with Crippen LogP contribution in [0.15, 0.2) is 71.7 Å². The van der Waals surface area contributed by atoms with E-state index in [1.807, 2.05) is 60.7 Å². The molecule has 0 bridgehead atoms. The van der Waals surface area contributed by atoms with Gasteiger partial charge in [0, 0.05) is 5.02 Å². The summed E-state index contributed by atoms with van der Waals surface area (Å²) in [5.41, 5.74) is 12.5. The molecule has 4 nitrogen and oxygen atoms in total. The number of hydrogen-bond donors (Lipinski definition) is 2. The second-order valence-corrected chi connectivity index (χ2v) is 6.24. The Morgan fingerprint density at radius 2 is 1.64 bits per heavy atom. The fourth-order valence-electron chi connectivity index (χ4n) is 2.86. The van der Waals surface area contributed by atoms with Crippen LogP contribution in [0.2, 0.25) is 5.02 Å². The van der Waals surface area contributed by atoms with Gasteiger partial charge in [0.15, 0.2) is 5.96 Å². The number of nitrogens with zero attached hydrogens (tertiary/aromatic N) is 1. The van der Waals surface area contributed by atoms with Gasteiger partial charge in [0.1, 0.15) is 0 Å². The van der Waals surface area contributed by atoms with Gasteiger partial charge in [0.05, 0.1) is 5.92 Å². The standard InChI is InChI=1S/C20H18ClN3O/c21-18-8-4-3-7-16(18)12-17(19(25)24-20(22)23)15-10-9-13-5-1-2-6-14(13)11-15/h1-11,17H,12H2,(H4,22,23,24,25)/t17-/m0/s1. The molecule has 126 valence electrons. The molecule has 0 aliphatic heterocycles. The summed E-state index contributed by atoms with van der Waals surface area (Å²) in [5.74, 6) is -1.13. The average molecular weight is 352 g/mol. The summed E-state index contributed by atoms with van der Waals surface area (Å²) in [4.78, 5) is 16.4. The molecule has 0 spiro atoms. The van der Waals surface area contributed by atoms with Crippen molar-refractivity contribution in [3.8, 4) is 0 Å². The molecule has 1 atom stereocenters. The molecule has 3 aromatic rings. The molecule has 0 aliphatic carbocycles. The highest BCUT2D eigenvalue weighted by Gasteiger charge is 2.22. The molecule has 0 saturated carbocycles. The highest BCUT2D eigenvalue weighted by atomic mass is 35.5. The maximum absolute atomic E-state index is 12.6. The summed E-state index contributed by atoms with van der Waals surface area (Å²) >= 11 is 6.26. The highest BCUT2D eigenvalue weighted by molar-refractivity contribution is 6.31. The third-order valence-corrected chi connectivity index (χ3v) is 4.46. The Bertz CT molecular complexity index is 948. The Morgan fingerprint density at radius 3 is 2.36 bits per heavy atom. The molecule has 5 heteroatoms. The molecule has 0 fully saturated rings. The normalized spacial score (nSPS) is 11.9. The van der Waals surface area contributed by atoms with E-state index in [1.54, 1.807) is 6.07 Å². The summed E-state index contributed by atoms with van der Waals surface area (Å²) in [6.45, 7) is 0. The first kappa shape index (κ1) is 17.0. The molecule has 0 aliphatic rings. The minimum atomic E-state index is -0.508. The summed E-state index contributed by atoms with van der Waals surface area (Å²) in [5, 5.41) is 2.78. The number of guanidine groups is 1. The lowest BCUT2D eigenvalue weighted by molar-refractivity contribution is -0.119. The fraction of sp³-hybridized carbons (Fsp3) is 0.100. The van der Waals surface area contributed by atoms with E-state index in [0.29, 0.717) is 11.4 Å². The number of carbonyl (C=O) groups excluding carboxylic acids is 1. The van der Waals surface area contributed by atoms with Gasteiger partial charge in [-0.1, -0.05) is 72.3 Å². The quantitative estimate of drug-likeness (QED) is 0.556. The van der Waals surface area contributed by atoms with Crippen LogP contribution in [0.5, 0.6) is 0 Å². The summed E-state index contributed by atoms with van der Waals surface area (Å²) in [6.07, 6.45) is 0.424. The molecule has 4 N–H and O–H groups in total. The van der Waals surface area contributed by atoms with E-state index < -0.39 is 5.92 Å². The molecular weight excluding hydrogens is 334 g/mol. The summed E-state index contributed by atoms with van der Waals surface area (Å²) in [7, 11) is 0. The van der Waals surface area contributed by atoms with Crippen molar-refractivity contribution in [2.75, 3.05) is 0 Å². The largest absolute Gasteiger partial charge is 0.370 e. The predicted octanol–water partition coefficient (Wildman–Crippen LogP) is 3.62. The zero-order chi connectivity index (χ0) is 17.8. The third kappa shape index (κ3) is 3.98. The monoisotopic (exact) mass is 351 g/mol. The van der Waals surface area contributed by atoms with Gasteiger partial charge in [-0.15, -0.1) is 0 Å². The number of fused-ring (bicyclic) bond motifs is 1. The fourth-order valence-corrected chi connectivity index (χ4v) is 3.07. The van der Waals surface area contributed by atoms with Crippen molar-refractivity contribution in [1.82, 2.24) is 0 Å². The van der Waals surface area contributed by atoms with E-state index >= 15 is 0 Å². The predicted molar refractivity (Wildman–Crippen MR) is 103 cm³/mol. The number of hydrogen-bond acceptors (Lipinski definition) is 1. The molecule has 0 unspecified atom stereocenters. The van der Waals surface area contributed by atoms with Crippen molar-refractivity contribution < 1.29 is 4.79 Å². The summed E-state index contributed by atoms with van der Waals surface area (Å²) in [6, 6.07) is 21.4. The van der Waals surface area contributed by atoms with Gasteiger partial charge < -0.3 is 11.5 Å². The lowest BCUT2D eigenvalue weighted by Gasteiger charge is -2.16. The Hall–Kier alpha value is -2.85. The van der Waals surface area contributed by atoms with E-state index in [9.17, 15) is 4.79 Å². The van der Waals surface area contributed by atoms with Crippen LogP contribution in [0.25, 0.3) is 10.8 Å². The zero-order valence-electron chi connectivity index (χ0n) is 13.5. The van der Waals surface area contributed by atoms with Gasteiger partial charge in [-0.05, 0) is 34.4 Å². The third-order valence-electron chi connectivity index (χ3n) is 4.10. The minimum Gasteiger partial charge on any atom is -0.370 e. The van der Waals surface area contributed by atoms with E-state index in [1.165, 1.54) is 0 Å². The number of benzene rings is 3. The van der Waals surface area contributed by atoms with Crippen molar-refractivity contribution in [3.05, 3.63) is 82.9 Å². The van der Waals surface area contributed by atoms with Gasteiger partial charge in [0.25, 0.3) is 5.91 Å². The highest BCUT2D eigenvalue weighted by Crippen LogP contribution is 2.28. The van der Waals surface area contributed by atoms with Gasteiger partial charge in [0.2, 0.25) is 0 Å². The minimum absolute atomic E-state index is 0.241. The smallest absolute Gasteiger partial charge is 0.256 e. The van der Waals surface area contributed by atoms with Crippen molar-refractivity contribution in [1.29, 1.82) is 0 Å². The van der Waals surface area contributed by atoms with E-state index in [2.05, 4.69) is 4.99 Å². The summed E-state index contributed by atoms with van der Waals surface area (Å²) < 4.78 is 0. The second-order valence-electron chi connectivity index (χ2n) is 5.83. The van der Waals surface area contributed by atoms with Crippen LogP contribution in [0.1, 0.15) is 17.0 Å². The van der Waals surface area contributed by atoms with Gasteiger partial charge in [-0.25, -0.2) is 0 Å². The molecular formula is C20H18ClN3O. The number of aliphatic imine (C=N–C) groups is 1. The Morgan fingerprint density at radius 1 is 0.960 bits per heavy atom. The van der Waals surface area contributed by atoms with Crippen molar-refractivity contribution >= 4 is 34.2 Å². The Kier molecular flexibility index (Phi) is 5.00. The molecule has 1 amide bonds. The van der Waals surface area contributed by atoms with Crippen LogP contribution in [-0.4, -0.2) is 11.9 Å². The van der Waals surface area contributed by atoms with Gasteiger partial charge in [-0.3, -0.25) is 4.79 Å². The van der Waals surface area contributed by atoms with Crippen molar-refractivity contribution in [3.63, 3.8) is 0 Å². The first-order valence-corrected chi connectivity index (χ1v) is 8.28. The second kappa shape index (κ2) is 7.36. The molecule has 3 aromatic carbocycles. The van der Waals surface area contributed by atoms with Crippen LogP contribution >= 0.6 is 11.6 Å². The molecule has 0 heterocycles. The number of rotatable bonds is 4. The topological polar surface area (TPSA) is 81.5 Å². The first-order valence-electron chi connectivity index (χ1n) is 7.90. The Labute approximate surface area is 151 Å². The maximum atomic E-state index is 12.6. The maximum Gasteiger partial charge on any atom is 0.256 e. The number of carbonyl (C=O) groups is 1. The van der Waals surface area contributed by atoms with Crippen LogP contribution in [0, 0.1) is 0 Å². The molecule has 0 aromatic heterocycles. The van der Waals surface area contributed by atoms with E-state index in [-0.39, 0.29) is 11.9 Å². The van der Waals surface area contributed by atoms with Crippen LogP contribution in [-0.2, 0) is 11.2 Å². The number of amides is 1. The molecule has 0 radical (unpaired) electrons. The molecule has 3 rings (SSSR count). The zero-order valence-corrected chi connectivity index (χ0v) is 14.3. The number of halogens is 1. The molecule has 25 heavy (non-hydrogen) atoms.